The van der Waals surface area contributed by atoms with Crippen LogP contribution in [0.3, 0.4) is 0 Å². The average Bonchev–Trinajstić information content (AvgIpc) is 3.04. The summed E-state index contributed by atoms with van der Waals surface area (Å²) in [6.07, 6.45) is 3.58. The van der Waals surface area contributed by atoms with Crippen molar-refractivity contribution in [3.05, 3.63) is 34.9 Å². The fourth-order valence-electron chi connectivity index (χ4n) is 2.09. The molecule has 2 rings (SSSR count). The number of hydrogen-bond acceptors (Lipinski definition) is 3. The van der Waals surface area contributed by atoms with E-state index in [2.05, 4.69) is 10.2 Å². The van der Waals surface area contributed by atoms with E-state index < -0.39 is 0 Å². The van der Waals surface area contributed by atoms with E-state index in [-0.39, 0.29) is 11.9 Å². The van der Waals surface area contributed by atoms with Crippen LogP contribution in [0.1, 0.15) is 31.3 Å². The minimum absolute atomic E-state index is 0.0276. The molecular weight excluding hydrogens is 290 g/mol. The molecule has 0 fully saturated rings. The summed E-state index contributed by atoms with van der Waals surface area (Å²) < 4.78 is 3.43. The van der Waals surface area contributed by atoms with Crippen molar-refractivity contribution >= 4 is 17.5 Å². The van der Waals surface area contributed by atoms with Gasteiger partial charge in [-0.05, 0) is 26.8 Å². The van der Waals surface area contributed by atoms with Gasteiger partial charge in [-0.2, -0.15) is 10.2 Å². The molecule has 2 aromatic heterocycles. The van der Waals surface area contributed by atoms with Crippen LogP contribution in [-0.2, 0) is 17.9 Å². The second-order valence-corrected chi connectivity index (χ2v) is 5.49. The number of carbonyl (C=O) groups excluding carboxylic acids is 1. The smallest absolute Gasteiger partial charge is 0.247 e. The number of likely N-dealkylation sites (N-methyl/N-ethyl adjacent to an activating group) is 1. The van der Waals surface area contributed by atoms with Crippen molar-refractivity contribution in [1.29, 1.82) is 0 Å². The number of amides is 1. The molecule has 0 N–H and O–H groups in total. The molecule has 21 heavy (non-hydrogen) atoms. The number of carbonyl (C=O) groups is 1. The lowest BCUT2D eigenvalue weighted by Gasteiger charge is -2.21. The van der Waals surface area contributed by atoms with Gasteiger partial charge in [-0.1, -0.05) is 11.6 Å². The summed E-state index contributed by atoms with van der Waals surface area (Å²) in [7, 11) is 1.75. The maximum absolute atomic E-state index is 12.4. The van der Waals surface area contributed by atoms with Crippen LogP contribution in [0.25, 0.3) is 0 Å². The molecule has 0 aliphatic rings. The second-order valence-electron chi connectivity index (χ2n) is 5.09. The van der Waals surface area contributed by atoms with Crippen molar-refractivity contribution in [2.45, 2.75) is 39.9 Å². The second kappa shape index (κ2) is 6.30. The first kappa shape index (κ1) is 15.6. The van der Waals surface area contributed by atoms with E-state index in [0.29, 0.717) is 17.3 Å². The van der Waals surface area contributed by atoms with Crippen molar-refractivity contribution < 1.29 is 4.79 Å². The number of hydrogen-bond donors (Lipinski definition) is 0. The molecule has 0 aliphatic carbocycles. The maximum Gasteiger partial charge on any atom is 0.247 e. The zero-order valence-electron chi connectivity index (χ0n) is 12.7. The monoisotopic (exact) mass is 309 g/mol. The molecule has 1 amide bonds. The number of rotatable bonds is 5. The van der Waals surface area contributed by atoms with Gasteiger partial charge in [-0.25, -0.2) is 0 Å². The van der Waals surface area contributed by atoms with Gasteiger partial charge in [0.25, 0.3) is 0 Å². The zero-order valence-corrected chi connectivity index (χ0v) is 13.5. The Morgan fingerprint density at radius 2 is 2.19 bits per heavy atom. The number of nitrogens with zero attached hydrogens (tertiary/aromatic N) is 5. The predicted molar refractivity (Wildman–Crippen MR) is 81.1 cm³/mol. The Balaban J connectivity index is 2.06. The lowest BCUT2D eigenvalue weighted by Crippen LogP contribution is -2.33. The molecule has 0 saturated carbocycles. The molecule has 1 atom stereocenters. The number of aryl methyl sites for hydroxylation is 2. The molecular formula is C14H20ClN5O. The van der Waals surface area contributed by atoms with Gasteiger partial charge in [-0.15, -0.1) is 0 Å². The summed E-state index contributed by atoms with van der Waals surface area (Å²) >= 11 is 6.13. The van der Waals surface area contributed by atoms with Gasteiger partial charge < -0.3 is 4.90 Å². The number of halogens is 1. The Hall–Kier alpha value is -1.82. The van der Waals surface area contributed by atoms with Crippen LogP contribution in [0.15, 0.2) is 18.5 Å². The van der Waals surface area contributed by atoms with Crippen LogP contribution in [0.4, 0.5) is 0 Å². The van der Waals surface area contributed by atoms with Gasteiger partial charge in [0.15, 0.2) is 0 Å². The lowest BCUT2D eigenvalue weighted by molar-refractivity contribution is -0.133. The summed E-state index contributed by atoms with van der Waals surface area (Å²) in [5.41, 5.74) is 1.60. The molecule has 0 aliphatic heterocycles. The third kappa shape index (κ3) is 3.44. The molecule has 0 spiro atoms. The minimum Gasteiger partial charge on any atom is -0.338 e. The third-order valence-corrected chi connectivity index (χ3v) is 3.69. The average molecular weight is 310 g/mol. The van der Waals surface area contributed by atoms with Crippen molar-refractivity contribution in [2.75, 3.05) is 7.05 Å². The van der Waals surface area contributed by atoms with Crippen molar-refractivity contribution in [2.24, 2.45) is 0 Å². The van der Waals surface area contributed by atoms with Gasteiger partial charge in [-0.3, -0.25) is 14.2 Å². The van der Waals surface area contributed by atoms with Crippen LogP contribution < -0.4 is 0 Å². The first-order chi connectivity index (χ1) is 9.92. The lowest BCUT2D eigenvalue weighted by atomic mass is 10.3. The Kier molecular flexibility index (Phi) is 4.67. The van der Waals surface area contributed by atoms with E-state index >= 15 is 0 Å². The summed E-state index contributed by atoms with van der Waals surface area (Å²) in [6, 6.07) is 1.53. The molecule has 6 nitrogen and oxygen atoms in total. The fraction of sp³-hybridized carbons (Fsp3) is 0.500. The third-order valence-electron chi connectivity index (χ3n) is 3.37. The zero-order chi connectivity index (χ0) is 15.6. The molecule has 114 valence electrons. The van der Waals surface area contributed by atoms with E-state index in [0.717, 1.165) is 12.2 Å². The fourth-order valence-corrected chi connectivity index (χ4v) is 2.30. The van der Waals surface area contributed by atoms with Crippen LogP contribution >= 0.6 is 11.6 Å². The summed E-state index contributed by atoms with van der Waals surface area (Å²) in [4.78, 5) is 14.1. The molecule has 0 saturated heterocycles. The van der Waals surface area contributed by atoms with E-state index in [9.17, 15) is 4.79 Å². The molecule has 1 unspecified atom stereocenters. The van der Waals surface area contributed by atoms with E-state index in [1.54, 1.807) is 27.5 Å². The Bertz CT molecular complexity index is 633. The van der Waals surface area contributed by atoms with Gasteiger partial charge in [0.1, 0.15) is 11.7 Å². The normalized spacial score (nSPS) is 12.4. The highest BCUT2D eigenvalue weighted by atomic mass is 35.5. The maximum atomic E-state index is 12.4. The first-order valence-electron chi connectivity index (χ1n) is 6.91. The van der Waals surface area contributed by atoms with E-state index in [1.165, 1.54) is 0 Å². The molecule has 7 heteroatoms. The molecule has 0 bridgehead atoms. The highest BCUT2D eigenvalue weighted by Crippen LogP contribution is 2.17. The standard InChI is InChI=1S/C14H20ClN5O/c1-5-19-8-12(15)13(17-19)9-18(4)14(21)11(3)20-7-6-10(2)16-20/h6-8,11H,5,9H2,1-4H3. The van der Waals surface area contributed by atoms with Crippen LogP contribution in [-0.4, -0.2) is 37.4 Å². The van der Waals surface area contributed by atoms with E-state index in [1.807, 2.05) is 33.0 Å². The van der Waals surface area contributed by atoms with Crippen LogP contribution in [0, 0.1) is 6.92 Å². The highest BCUT2D eigenvalue weighted by molar-refractivity contribution is 6.31. The van der Waals surface area contributed by atoms with Gasteiger partial charge in [0.2, 0.25) is 5.91 Å². The van der Waals surface area contributed by atoms with Crippen molar-refractivity contribution in [3.8, 4) is 0 Å². The molecule has 2 heterocycles. The van der Waals surface area contributed by atoms with Crippen LogP contribution in [0.5, 0.6) is 0 Å². The Morgan fingerprint density at radius 3 is 2.71 bits per heavy atom. The van der Waals surface area contributed by atoms with E-state index in [4.69, 9.17) is 11.6 Å². The Labute approximate surface area is 129 Å². The summed E-state index contributed by atoms with van der Waals surface area (Å²) in [5.74, 6) is -0.0276. The van der Waals surface area contributed by atoms with Crippen LogP contribution in [0.2, 0.25) is 5.02 Å². The van der Waals surface area contributed by atoms with Crippen molar-refractivity contribution in [3.63, 3.8) is 0 Å². The topological polar surface area (TPSA) is 56.0 Å². The van der Waals surface area contributed by atoms with Gasteiger partial charge >= 0.3 is 0 Å². The highest BCUT2D eigenvalue weighted by Gasteiger charge is 2.21. The van der Waals surface area contributed by atoms with Crippen molar-refractivity contribution in [1.82, 2.24) is 24.5 Å². The Morgan fingerprint density at radius 1 is 1.48 bits per heavy atom. The minimum atomic E-state index is -0.351. The quantitative estimate of drug-likeness (QED) is 0.851. The number of aromatic nitrogens is 4. The summed E-state index contributed by atoms with van der Waals surface area (Å²) in [5, 5.41) is 9.22. The molecule has 0 aromatic carbocycles. The summed E-state index contributed by atoms with van der Waals surface area (Å²) in [6.45, 7) is 6.85. The SMILES string of the molecule is CCn1cc(Cl)c(CN(C)C(=O)C(C)n2ccc(C)n2)n1. The largest absolute Gasteiger partial charge is 0.338 e. The van der Waals surface area contributed by atoms with Gasteiger partial charge in [0, 0.05) is 26.0 Å². The predicted octanol–water partition coefficient (Wildman–Crippen LogP) is 2.28. The molecule has 2 aromatic rings. The first-order valence-corrected chi connectivity index (χ1v) is 7.28. The van der Waals surface area contributed by atoms with Gasteiger partial charge in [0.05, 0.1) is 17.3 Å². The molecule has 0 radical (unpaired) electrons.